The van der Waals surface area contributed by atoms with Gasteiger partial charge < -0.3 is 20.5 Å². The van der Waals surface area contributed by atoms with Crippen molar-refractivity contribution in [2.75, 3.05) is 18.7 Å². The number of anilines is 1. The van der Waals surface area contributed by atoms with Gasteiger partial charge in [-0.15, -0.1) is 0 Å². The van der Waals surface area contributed by atoms with Gasteiger partial charge in [0, 0.05) is 24.3 Å². The van der Waals surface area contributed by atoms with Crippen LogP contribution in [0.1, 0.15) is 12.0 Å². The molecule has 0 amide bonds. The molecule has 1 aromatic carbocycles. The maximum absolute atomic E-state index is 5.65. The van der Waals surface area contributed by atoms with E-state index in [0.717, 1.165) is 30.0 Å². The van der Waals surface area contributed by atoms with E-state index >= 15 is 0 Å². The maximum atomic E-state index is 5.65. The molecule has 0 fully saturated rings. The molecule has 15 heavy (non-hydrogen) atoms. The summed E-state index contributed by atoms with van der Waals surface area (Å²) in [5, 5.41) is 3.42. The Morgan fingerprint density at radius 1 is 1.33 bits per heavy atom. The Morgan fingerprint density at radius 2 is 2.13 bits per heavy atom. The van der Waals surface area contributed by atoms with Crippen LogP contribution in [0, 0.1) is 0 Å². The predicted octanol–water partition coefficient (Wildman–Crippen LogP) is 1.10. The fourth-order valence-electron chi connectivity index (χ4n) is 2.12. The first kappa shape index (κ1) is 8.85. The number of hydrogen-bond donors (Lipinski definition) is 2. The molecule has 1 aromatic rings. The van der Waals surface area contributed by atoms with Gasteiger partial charge >= 0.3 is 0 Å². The molecule has 80 valence electrons. The van der Waals surface area contributed by atoms with Gasteiger partial charge in [0.15, 0.2) is 11.5 Å². The van der Waals surface area contributed by atoms with Crippen LogP contribution in [0.3, 0.4) is 0 Å². The topological polar surface area (TPSA) is 56.5 Å². The summed E-state index contributed by atoms with van der Waals surface area (Å²) in [6.45, 7) is 1.01. The molecule has 4 nitrogen and oxygen atoms in total. The highest BCUT2D eigenvalue weighted by Crippen LogP contribution is 2.39. The van der Waals surface area contributed by atoms with Gasteiger partial charge in [0.05, 0.1) is 0 Å². The first-order chi connectivity index (χ1) is 7.36. The quantitative estimate of drug-likeness (QED) is 0.722. The molecule has 1 unspecified atom stereocenters. The summed E-state index contributed by atoms with van der Waals surface area (Å²) in [6, 6.07) is 4.47. The van der Waals surface area contributed by atoms with Crippen LogP contribution >= 0.6 is 0 Å². The fourth-order valence-corrected chi connectivity index (χ4v) is 2.12. The molecule has 2 aliphatic heterocycles. The average molecular weight is 206 g/mol. The second-order valence-electron chi connectivity index (χ2n) is 3.98. The lowest BCUT2D eigenvalue weighted by Gasteiger charge is -2.26. The molecule has 0 aliphatic carbocycles. The van der Waals surface area contributed by atoms with Crippen LogP contribution in [-0.2, 0) is 6.42 Å². The Balaban J connectivity index is 1.97. The minimum absolute atomic E-state index is 0.332. The number of hydrogen-bond acceptors (Lipinski definition) is 4. The van der Waals surface area contributed by atoms with Gasteiger partial charge in [0.1, 0.15) is 0 Å². The Hall–Kier alpha value is -1.42. The van der Waals surface area contributed by atoms with Crippen molar-refractivity contribution in [1.82, 2.24) is 0 Å². The average Bonchev–Trinajstić information content (AvgIpc) is 2.72. The number of fused-ring (bicyclic) bond motifs is 2. The van der Waals surface area contributed by atoms with Crippen LogP contribution in [0.25, 0.3) is 0 Å². The van der Waals surface area contributed by atoms with E-state index in [4.69, 9.17) is 15.2 Å². The van der Waals surface area contributed by atoms with E-state index in [9.17, 15) is 0 Å². The largest absolute Gasteiger partial charge is 0.454 e. The van der Waals surface area contributed by atoms with Gasteiger partial charge in [0.2, 0.25) is 6.79 Å². The monoisotopic (exact) mass is 206 g/mol. The van der Waals surface area contributed by atoms with Crippen LogP contribution < -0.4 is 20.5 Å². The molecule has 0 bridgehead atoms. The molecular weight excluding hydrogens is 192 g/mol. The number of nitrogens with one attached hydrogen (secondary N) is 1. The van der Waals surface area contributed by atoms with Gasteiger partial charge in [-0.25, -0.2) is 0 Å². The molecule has 3 N–H and O–H groups in total. The summed E-state index contributed by atoms with van der Waals surface area (Å²) in [5.41, 5.74) is 8.09. The van der Waals surface area contributed by atoms with Crippen molar-refractivity contribution in [2.45, 2.75) is 18.9 Å². The standard InChI is InChI=1S/C11H14N2O2/c12-5-8-2-1-7-3-10-11(15-6-14-10)4-9(7)13-8/h3-4,8,13H,1-2,5-6,12H2. The molecule has 0 aromatic heterocycles. The van der Waals surface area contributed by atoms with E-state index in [2.05, 4.69) is 11.4 Å². The molecule has 0 spiro atoms. The van der Waals surface area contributed by atoms with Crippen molar-refractivity contribution in [3.8, 4) is 11.5 Å². The van der Waals surface area contributed by atoms with Crippen LogP contribution in [-0.4, -0.2) is 19.4 Å². The first-order valence-electron chi connectivity index (χ1n) is 5.26. The lowest BCUT2D eigenvalue weighted by molar-refractivity contribution is 0.174. The zero-order valence-corrected chi connectivity index (χ0v) is 8.45. The number of rotatable bonds is 1. The molecule has 2 heterocycles. The summed E-state index contributed by atoms with van der Waals surface area (Å²) in [7, 11) is 0. The third-order valence-corrected chi connectivity index (χ3v) is 3.00. The van der Waals surface area contributed by atoms with Gasteiger partial charge in [-0.3, -0.25) is 0 Å². The zero-order chi connectivity index (χ0) is 10.3. The van der Waals surface area contributed by atoms with Gasteiger partial charge in [-0.05, 0) is 24.5 Å². The summed E-state index contributed by atoms with van der Waals surface area (Å²) in [6.07, 6.45) is 2.14. The second-order valence-corrected chi connectivity index (χ2v) is 3.98. The Kier molecular flexibility index (Phi) is 1.95. The summed E-state index contributed by atoms with van der Waals surface area (Å²) in [5.74, 6) is 1.70. The number of benzene rings is 1. The molecule has 0 saturated carbocycles. The van der Waals surface area contributed by atoms with Gasteiger partial charge in [-0.2, -0.15) is 0 Å². The van der Waals surface area contributed by atoms with Gasteiger partial charge in [-0.1, -0.05) is 0 Å². The van der Waals surface area contributed by atoms with Crippen molar-refractivity contribution in [3.05, 3.63) is 17.7 Å². The third-order valence-electron chi connectivity index (χ3n) is 3.00. The van der Waals surface area contributed by atoms with Crippen LogP contribution in [0.15, 0.2) is 12.1 Å². The lowest BCUT2D eigenvalue weighted by Crippen LogP contribution is -2.32. The normalized spacial score (nSPS) is 22.1. The van der Waals surface area contributed by atoms with E-state index in [0.29, 0.717) is 19.4 Å². The molecular formula is C11H14N2O2. The van der Waals surface area contributed by atoms with Crippen molar-refractivity contribution in [3.63, 3.8) is 0 Å². The highest BCUT2D eigenvalue weighted by Gasteiger charge is 2.22. The summed E-state index contributed by atoms with van der Waals surface area (Å²) >= 11 is 0. The minimum Gasteiger partial charge on any atom is -0.454 e. The minimum atomic E-state index is 0.332. The van der Waals surface area contributed by atoms with E-state index in [1.165, 1.54) is 5.56 Å². The molecule has 1 atom stereocenters. The fraction of sp³-hybridized carbons (Fsp3) is 0.455. The zero-order valence-electron chi connectivity index (χ0n) is 8.45. The maximum Gasteiger partial charge on any atom is 0.231 e. The van der Waals surface area contributed by atoms with E-state index < -0.39 is 0 Å². The highest BCUT2D eigenvalue weighted by atomic mass is 16.7. The molecule has 2 aliphatic rings. The van der Waals surface area contributed by atoms with Crippen LogP contribution in [0.4, 0.5) is 5.69 Å². The van der Waals surface area contributed by atoms with Crippen molar-refractivity contribution in [1.29, 1.82) is 0 Å². The Bertz CT molecular complexity index is 392. The Morgan fingerprint density at radius 3 is 2.93 bits per heavy atom. The lowest BCUT2D eigenvalue weighted by atomic mass is 9.97. The summed E-state index contributed by atoms with van der Waals surface area (Å²) in [4.78, 5) is 0. The van der Waals surface area contributed by atoms with Gasteiger partial charge in [0.25, 0.3) is 0 Å². The van der Waals surface area contributed by atoms with E-state index in [-0.39, 0.29) is 0 Å². The SMILES string of the molecule is NCC1CCc2cc3c(cc2N1)OCO3. The highest BCUT2D eigenvalue weighted by molar-refractivity contribution is 5.62. The molecule has 4 heteroatoms. The molecule has 0 radical (unpaired) electrons. The van der Waals surface area contributed by atoms with Crippen molar-refractivity contribution < 1.29 is 9.47 Å². The number of nitrogens with two attached hydrogens (primary N) is 1. The van der Waals surface area contributed by atoms with Crippen molar-refractivity contribution in [2.24, 2.45) is 5.73 Å². The smallest absolute Gasteiger partial charge is 0.231 e. The van der Waals surface area contributed by atoms with E-state index in [1.807, 2.05) is 6.07 Å². The molecule has 3 rings (SSSR count). The first-order valence-corrected chi connectivity index (χ1v) is 5.26. The number of aryl methyl sites for hydroxylation is 1. The van der Waals surface area contributed by atoms with Crippen molar-refractivity contribution >= 4 is 5.69 Å². The van der Waals surface area contributed by atoms with E-state index in [1.54, 1.807) is 0 Å². The second kappa shape index (κ2) is 3.31. The van der Waals surface area contributed by atoms with Crippen LogP contribution in [0.2, 0.25) is 0 Å². The predicted molar refractivity (Wildman–Crippen MR) is 57.4 cm³/mol. The number of ether oxygens (including phenoxy) is 2. The van der Waals surface area contributed by atoms with Crippen LogP contribution in [0.5, 0.6) is 11.5 Å². The Labute approximate surface area is 88.4 Å². The summed E-state index contributed by atoms with van der Waals surface area (Å²) < 4.78 is 10.7. The molecule has 0 saturated heterocycles. The third kappa shape index (κ3) is 1.41.